The molecule has 1 rings (SSSR count). The number of rotatable bonds is 5. The maximum Gasteiger partial charge on any atom is 0.295 e. The Hall–Kier alpha value is -1.80. The third-order valence-corrected chi connectivity index (χ3v) is 3.77. The van der Waals surface area contributed by atoms with Crippen LogP contribution in [0.3, 0.4) is 0 Å². The molecule has 0 aliphatic carbocycles. The second kappa shape index (κ2) is 6.82. The largest absolute Gasteiger partial charge is 0.344 e. The number of hydrogen-bond donors (Lipinski definition) is 1. The molecule has 1 amide bonds. The van der Waals surface area contributed by atoms with E-state index in [1.54, 1.807) is 31.2 Å². The van der Waals surface area contributed by atoms with Gasteiger partial charge in [-0.25, -0.2) is 8.42 Å². The minimum absolute atomic E-state index is 0.0107. The first kappa shape index (κ1) is 14.3. The number of carbonyl (C=O) groups is 1. The van der Waals surface area contributed by atoms with Gasteiger partial charge in [0, 0.05) is 6.54 Å². The van der Waals surface area contributed by atoms with Crippen LogP contribution >= 0.6 is 0 Å². The maximum atomic E-state index is 11.8. The average Bonchev–Trinajstić information content (AvgIpc) is 2.29. The number of hydrogen-bond acceptors (Lipinski definition) is 3. The molecule has 1 aromatic rings. The summed E-state index contributed by atoms with van der Waals surface area (Å²) < 4.78 is 23.5. The molecule has 0 radical (unpaired) electrons. The molecule has 1 aromatic carbocycles. The van der Waals surface area contributed by atoms with Crippen molar-refractivity contribution < 1.29 is 13.2 Å². The number of carbonyl (C=O) groups excluding carboxylic acids is 1. The van der Waals surface area contributed by atoms with E-state index in [1.807, 2.05) is 6.07 Å². The Labute approximate surface area is 107 Å². The molecule has 4 nitrogen and oxygen atoms in total. The van der Waals surface area contributed by atoms with E-state index >= 15 is 0 Å². The van der Waals surface area contributed by atoms with Gasteiger partial charge in [0.05, 0.1) is 11.5 Å². The molecule has 0 saturated heterocycles. The first-order valence-electron chi connectivity index (χ1n) is 5.48. The number of benzene rings is 1. The highest BCUT2D eigenvalue weighted by Crippen LogP contribution is 2.05. The molecule has 5 heteroatoms. The second-order valence-electron chi connectivity index (χ2n) is 3.71. The summed E-state index contributed by atoms with van der Waals surface area (Å²) in [6, 6.07) is 8.95. The lowest BCUT2D eigenvalue weighted by atomic mass is 10.2. The molecular formula is C13H15NO3S. The smallest absolute Gasteiger partial charge is 0.295 e. The average molecular weight is 265 g/mol. The number of nitrogens with one attached hydrogen (secondary N) is 1. The van der Waals surface area contributed by atoms with Gasteiger partial charge in [-0.15, -0.1) is 0 Å². The predicted molar refractivity (Wildman–Crippen MR) is 70.4 cm³/mol. The highest BCUT2D eigenvalue weighted by molar-refractivity contribution is 7.90. The van der Waals surface area contributed by atoms with Gasteiger partial charge >= 0.3 is 0 Å². The summed E-state index contributed by atoms with van der Waals surface area (Å²) in [4.78, 5) is 11.0. The molecule has 0 saturated carbocycles. The summed E-state index contributed by atoms with van der Waals surface area (Å²) in [7, 11) is -3.21. The van der Waals surface area contributed by atoms with E-state index in [-0.39, 0.29) is 18.1 Å². The Bertz CT molecular complexity index is 553. The zero-order valence-electron chi connectivity index (χ0n) is 10.1. The molecule has 1 N–H and O–H groups in total. The van der Waals surface area contributed by atoms with E-state index in [9.17, 15) is 13.2 Å². The van der Waals surface area contributed by atoms with Gasteiger partial charge in [0.1, 0.15) is 0 Å². The third-order valence-electron chi connectivity index (χ3n) is 2.17. The van der Waals surface area contributed by atoms with Crippen molar-refractivity contribution in [1.82, 2.24) is 5.32 Å². The van der Waals surface area contributed by atoms with Gasteiger partial charge in [-0.3, -0.25) is 4.79 Å². The summed E-state index contributed by atoms with van der Waals surface area (Å²) in [5, 5.41) is 2.43. The lowest BCUT2D eigenvalue weighted by molar-refractivity contribution is -0.115. The molecule has 0 aliphatic rings. The van der Waals surface area contributed by atoms with Crippen LogP contribution in [-0.4, -0.2) is 26.6 Å². The lowest BCUT2D eigenvalue weighted by Crippen LogP contribution is -2.28. The van der Waals surface area contributed by atoms with Crippen molar-refractivity contribution in [3.63, 3.8) is 0 Å². The van der Waals surface area contributed by atoms with Gasteiger partial charge in [-0.05, 0) is 18.4 Å². The zero-order chi connectivity index (χ0) is 13.4. The zero-order valence-corrected chi connectivity index (χ0v) is 11.0. The Morgan fingerprint density at radius 3 is 2.56 bits per heavy atom. The van der Waals surface area contributed by atoms with E-state index in [0.717, 1.165) is 5.56 Å². The van der Waals surface area contributed by atoms with Gasteiger partial charge in [0.15, 0.2) is 9.84 Å². The maximum absolute atomic E-state index is 11.8. The van der Waals surface area contributed by atoms with E-state index in [2.05, 4.69) is 17.2 Å². The highest BCUT2D eigenvalue weighted by Gasteiger charge is 2.11. The van der Waals surface area contributed by atoms with Crippen LogP contribution in [0.25, 0.3) is 0 Å². The van der Waals surface area contributed by atoms with Crippen molar-refractivity contribution in [2.75, 3.05) is 12.3 Å². The van der Waals surface area contributed by atoms with Crippen LogP contribution in [0.5, 0.6) is 0 Å². The Morgan fingerprint density at radius 2 is 1.94 bits per heavy atom. The third kappa shape index (κ3) is 5.51. The topological polar surface area (TPSA) is 63.2 Å². The number of sulfone groups is 1. The molecule has 18 heavy (non-hydrogen) atoms. The summed E-state index contributed by atoms with van der Waals surface area (Å²) in [5.41, 5.74) is 0.747. The Morgan fingerprint density at radius 1 is 1.28 bits per heavy atom. The van der Waals surface area contributed by atoms with E-state index in [0.29, 0.717) is 0 Å². The molecule has 0 bridgehead atoms. The molecule has 96 valence electrons. The molecule has 0 fully saturated rings. The molecule has 0 atom stereocenters. The minimum Gasteiger partial charge on any atom is -0.344 e. The van der Waals surface area contributed by atoms with E-state index in [1.165, 1.54) is 0 Å². The number of amides is 1. The highest BCUT2D eigenvalue weighted by atomic mass is 32.2. The van der Waals surface area contributed by atoms with Crippen LogP contribution in [-0.2, 0) is 20.4 Å². The summed E-state index contributed by atoms with van der Waals surface area (Å²) in [6.45, 7) is 1.63. The van der Waals surface area contributed by atoms with Gasteiger partial charge in [0.25, 0.3) is 5.91 Å². The standard InChI is InChI=1S/C13H15NO3S/c1-2-6-13(15)14-9-10-18(16,17)11-12-7-4-3-5-8-12/h3-5,7-8H,9-11H2,1H3,(H,14,15). The predicted octanol–water partition coefficient (Wildman–Crippen LogP) is 0.741. The normalized spacial score (nSPS) is 10.3. The van der Waals surface area contributed by atoms with Crippen LogP contribution in [0.4, 0.5) is 0 Å². The van der Waals surface area contributed by atoms with Crippen LogP contribution < -0.4 is 5.32 Å². The van der Waals surface area contributed by atoms with Crippen molar-refractivity contribution in [3.8, 4) is 11.8 Å². The molecule has 0 unspecified atom stereocenters. The summed E-state index contributed by atoms with van der Waals surface area (Å²) >= 11 is 0. The van der Waals surface area contributed by atoms with E-state index < -0.39 is 15.7 Å². The lowest BCUT2D eigenvalue weighted by Gasteiger charge is -2.04. The van der Waals surface area contributed by atoms with Gasteiger partial charge in [-0.2, -0.15) is 0 Å². The quantitative estimate of drug-likeness (QED) is 0.799. The molecule has 0 spiro atoms. The van der Waals surface area contributed by atoms with E-state index in [4.69, 9.17) is 0 Å². The second-order valence-corrected chi connectivity index (χ2v) is 5.89. The fourth-order valence-electron chi connectivity index (χ4n) is 1.38. The Balaban J connectivity index is 2.45. The molecule has 0 aromatic heterocycles. The van der Waals surface area contributed by atoms with Crippen molar-refractivity contribution in [1.29, 1.82) is 0 Å². The molecule has 0 heterocycles. The van der Waals surface area contributed by atoms with Crippen LogP contribution in [0.15, 0.2) is 30.3 Å². The van der Waals surface area contributed by atoms with Crippen molar-refractivity contribution in [2.24, 2.45) is 0 Å². The van der Waals surface area contributed by atoms with Crippen LogP contribution in [0.2, 0.25) is 0 Å². The monoisotopic (exact) mass is 265 g/mol. The van der Waals surface area contributed by atoms with Gasteiger partial charge in [0.2, 0.25) is 0 Å². The van der Waals surface area contributed by atoms with Crippen LogP contribution in [0.1, 0.15) is 12.5 Å². The van der Waals surface area contributed by atoms with Gasteiger partial charge < -0.3 is 5.32 Å². The SMILES string of the molecule is CC#CC(=O)NCCS(=O)(=O)Cc1ccccc1. The fraction of sp³-hybridized carbons (Fsp3) is 0.308. The van der Waals surface area contributed by atoms with Crippen molar-refractivity contribution in [3.05, 3.63) is 35.9 Å². The van der Waals surface area contributed by atoms with Crippen molar-refractivity contribution in [2.45, 2.75) is 12.7 Å². The summed E-state index contributed by atoms with van der Waals surface area (Å²) in [6.07, 6.45) is 0. The van der Waals surface area contributed by atoms with Crippen molar-refractivity contribution >= 4 is 15.7 Å². The van der Waals surface area contributed by atoms with Gasteiger partial charge in [-0.1, -0.05) is 36.3 Å². The first-order valence-corrected chi connectivity index (χ1v) is 7.30. The van der Waals surface area contributed by atoms with Crippen LogP contribution in [0, 0.1) is 11.8 Å². The molecular weight excluding hydrogens is 250 g/mol. The Kier molecular flexibility index (Phi) is 5.40. The molecule has 0 aliphatic heterocycles. The first-order chi connectivity index (χ1) is 8.53. The minimum atomic E-state index is -3.21. The fourth-order valence-corrected chi connectivity index (χ4v) is 2.64. The summed E-state index contributed by atoms with van der Waals surface area (Å²) in [5.74, 6) is 4.18.